The number of amides is 1. The van der Waals surface area contributed by atoms with Crippen LogP contribution in [0.2, 0.25) is 0 Å². The summed E-state index contributed by atoms with van der Waals surface area (Å²) in [6, 6.07) is 5.55. The van der Waals surface area contributed by atoms with E-state index in [0.717, 1.165) is 5.03 Å². The molecule has 0 saturated carbocycles. The summed E-state index contributed by atoms with van der Waals surface area (Å²) in [6.07, 6.45) is 1.69. The van der Waals surface area contributed by atoms with Crippen LogP contribution in [0.4, 0.5) is 4.79 Å². The number of hydrogen-bond acceptors (Lipinski definition) is 4. The summed E-state index contributed by atoms with van der Waals surface area (Å²) in [7, 11) is 0. The van der Waals surface area contributed by atoms with E-state index in [1.54, 1.807) is 11.1 Å². The molecule has 1 aliphatic rings. The van der Waals surface area contributed by atoms with Crippen molar-refractivity contribution in [3.63, 3.8) is 0 Å². The molecular weight excluding hydrogens is 212 g/mol. The van der Waals surface area contributed by atoms with Crippen LogP contribution in [0.3, 0.4) is 0 Å². The molecule has 4 nitrogen and oxygen atoms in total. The lowest BCUT2D eigenvalue weighted by Gasteiger charge is -2.25. The Morgan fingerprint density at radius 3 is 2.87 bits per heavy atom. The molecule has 0 N–H and O–H groups in total. The first-order valence-electron chi connectivity index (χ1n) is 4.82. The second-order valence-electron chi connectivity index (χ2n) is 3.14. The molecule has 1 aromatic rings. The Kier molecular flexibility index (Phi) is 3.58. The van der Waals surface area contributed by atoms with E-state index in [0.29, 0.717) is 26.3 Å². The summed E-state index contributed by atoms with van der Waals surface area (Å²) < 4.78 is 5.18. The van der Waals surface area contributed by atoms with Gasteiger partial charge in [-0.05, 0) is 23.9 Å². The first-order valence-corrected chi connectivity index (χ1v) is 5.63. The normalized spacial score (nSPS) is 16.4. The molecule has 80 valence electrons. The lowest BCUT2D eigenvalue weighted by molar-refractivity contribution is 0.0593. The SMILES string of the molecule is O=C(Sc1ccccn1)N1CCOCC1. The summed E-state index contributed by atoms with van der Waals surface area (Å²) in [5.74, 6) is 0. The van der Waals surface area contributed by atoms with Crippen LogP contribution in [0.15, 0.2) is 29.4 Å². The predicted molar refractivity (Wildman–Crippen MR) is 57.9 cm³/mol. The third kappa shape index (κ3) is 2.94. The third-order valence-corrected chi connectivity index (χ3v) is 2.98. The van der Waals surface area contributed by atoms with Gasteiger partial charge in [0.25, 0.3) is 5.24 Å². The lowest BCUT2D eigenvalue weighted by Crippen LogP contribution is -2.38. The minimum Gasteiger partial charge on any atom is -0.378 e. The fourth-order valence-electron chi connectivity index (χ4n) is 1.31. The van der Waals surface area contributed by atoms with Crippen molar-refractivity contribution in [1.82, 2.24) is 9.88 Å². The highest BCUT2D eigenvalue weighted by Gasteiger charge is 2.17. The van der Waals surface area contributed by atoms with E-state index in [1.807, 2.05) is 18.2 Å². The van der Waals surface area contributed by atoms with E-state index in [-0.39, 0.29) is 5.24 Å². The number of morpholine rings is 1. The zero-order valence-corrected chi connectivity index (χ0v) is 9.07. The van der Waals surface area contributed by atoms with Crippen LogP contribution in [-0.2, 0) is 4.74 Å². The zero-order valence-electron chi connectivity index (χ0n) is 8.26. The number of rotatable bonds is 1. The average Bonchev–Trinajstić information content (AvgIpc) is 2.31. The molecule has 2 rings (SSSR count). The Balaban J connectivity index is 1.91. The van der Waals surface area contributed by atoms with Crippen molar-refractivity contribution in [3.05, 3.63) is 24.4 Å². The number of pyridine rings is 1. The van der Waals surface area contributed by atoms with Crippen LogP contribution in [-0.4, -0.2) is 41.4 Å². The molecule has 0 bridgehead atoms. The van der Waals surface area contributed by atoms with Crippen LogP contribution >= 0.6 is 11.8 Å². The maximum atomic E-state index is 11.8. The van der Waals surface area contributed by atoms with Gasteiger partial charge in [0, 0.05) is 19.3 Å². The molecule has 1 saturated heterocycles. The highest BCUT2D eigenvalue weighted by Crippen LogP contribution is 2.19. The summed E-state index contributed by atoms with van der Waals surface area (Å²) in [5.41, 5.74) is 0. The molecule has 2 heterocycles. The molecular formula is C10H12N2O2S. The van der Waals surface area contributed by atoms with Gasteiger partial charge in [0.15, 0.2) is 0 Å². The Bertz CT molecular complexity index is 325. The molecule has 1 aliphatic heterocycles. The van der Waals surface area contributed by atoms with E-state index in [9.17, 15) is 4.79 Å². The first kappa shape index (κ1) is 10.4. The molecule has 0 aromatic carbocycles. The molecule has 0 spiro atoms. The van der Waals surface area contributed by atoms with Gasteiger partial charge in [0.2, 0.25) is 0 Å². The van der Waals surface area contributed by atoms with E-state index in [1.165, 1.54) is 11.8 Å². The molecule has 0 unspecified atom stereocenters. The molecule has 0 aliphatic carbocycles. The van der Waals surface area contributed by atoms with Gasteiger partial charge in [-0.15, -0.1) is 0 Å². The fraction of sp³-hybridized carbons (Fsp3) is 0.400. The van der Waals surface area contributed by atoms with E-state index < -0.39 is 0 Å². The summed E-state index contributed by atoms with van der Waals surface area (Å²) in [5, 5.41) is 0.797. The van der Waals surface area contributed by atoms with Crippen molar-refractivity contribution in [2.45, 2.75) is 5.03 Å². The van der Waals surface area contributed by atoms with Gasteiger partial charge in [0.1, 0.15) is 5.03 Å². The molecule has 0 atom stereocenters. The van der Waals surface area contributed by atoms with Crippen LogP contribution in [0.25, 0.3) is 0 Å². The van der Waals surface area contributed by atoms with Gasteiger partial charge in [-0.3, -0.25) is 4.79 Å². The zero-order chi connectivity index (χ0) is 10.5. The Labute approximate surface area is 92.6 Å². The summed E-state index contributed by atoms with van der Waals surface area (Å²) in [6.45, 7) is 2.63. The number of aromatic nitrogens is 1. The van der Waals surface area contributed by atoms with E-state index >= 15 is 0 Å². The molecule has 1 fully saturated rings. The largest absolute Gasteiger partial charge is 0.378 e. The first-order chi connectivity index (χ1) is 7.36. The van der Waals surface area contributed by atoms with Crippen LogP contribution < -0.4 is 0 Å². The lowest BCUT2D eigenvalue weighted by atomic mass is 10.5. The van der Waals surface area contributed by atoms with Gasteiger partial charge in [-0.2, -0.15) is 0 Å². The smallest absolute Gasteiger partial charge is 0.288 e. The Hall–Kier alpha value is -1.07. The standard InChI is InChI=1S/C10H12N2O2S/c13-10(12-5-7-14-8-6-12)15-9-3-1-2-4-11-9/h1-4H,5-8H2. The van der Waals surface area contributed by atoms with E-state index in [2.05, 4.69) is 4.98 Å². The number of ether oxygens (including phenoxy) is 1. The number of hydrogen-bond donors (Lipinski definition) is 0. The Morgan fingerprint density at radius 2 is 2.20 bits per heavy atom. The van der Waals surface area contributed by atoms with Crippen molar-refractivity contribution < 1.29 is 9.53 Å². The number of nitrogens with zero attached hydrogens (tertiary/aromatic N) is 2. The van der Waals surface area contributed by atoms with Crippen molar-refractivity contribution >= 4 is 17.0 Å². The molecule has 1 amide bonds. The second kappa shape index (κ2) is 5.14. The maximum absolute atomic E-state index is 11.8. The molecule has 1 aromatic heterocycles. The highest BCUT2D eigenvalue weighted by atomic mass is 32.2. The van der Waals surface area contributed by atoms with Gasteiger partial charge < -0.3 is 9.64 Å². The van der Waals surface area contributed by atoms with Gasteiger partial charge >= 0.3 is 0 Å². The number of thioether (sulfide) groups is 1. The van der Waals surface area contributed by atoms with Crippen molar-refractivity contribution in [3.8, 4) is 0 Å². The molecule has 15 heavy (non-hydrogen) atoms. The molecule has 0 radical (unpaired) electrons. The van der Waals surface area contributed by atoms with Crippen LogP contribution in [0.1, 0.15) is 0 Å². The molecule has 5 heteroatoms. The van der Waals surface area contributed by atoms with Crippen molar-refractivity contribution in [2.75, 3.05) is 26.3 Å². The predicted octanol–water partition coefficient (Wildman–Crippen LogP) is 1.63. The summed E-state index contributed by atoms with van der Waals surface area (Å²) in [4.78, 5) is 17.7. The van der Waals surface area contributed by atoms with Gasteiger partial charge in [-0.25, -0.2) is 4.98 Å². The minimum atomic E-state index is 0.0528. The van der Waals surface area contributed by atoms with E-state index in [4.69, 9.17) is 4.74 Å². The second-order valence-corrected chi connectivity index (χ2v) is 4.11. The van der Waals surface area contributed by atoms with Crippen LogP contribution in [0, 0.1) is 0 Å². The topological polar surface area (TPSA) is 42.4 Å². The monoisotopic (exact) mass is 224 g/mol. The minimum absolute atomic E-state index is 0.0528. The van der Waals surface area contributed by atoms with Crippen LogP contribution in [0.5, 0.6) is 0 Å². The average molecular weight is 224 g/mol. The van der Waals surface area contributed by atoms with Crippen molar-refractivity contribution in [2.24, 2.45) is 0 Å². The van der Waals surface area contributed by atoms with Gasteiger partial charge in [0.05, 0.1) is 13.2 Å². The van der Waals surface area contributed by atoms with Gasteiger partial charge in [-0.1, -0.05) is 6.07 Å². The third-order valence-electron chi connectivity index (χ3n) is 2.10. The highest BCUT2D eigenvalue weighted by molar-refractivity contribution is 8.13. The Morgan fingerprint density at radius 1 is 1.40 bits per heavy atom. The quantitative estimate of drug-likeness (QED) is 0.680. The number of carbonyl (C=O) groups is 1. The number of carbonyl (C=O) groups excluding carboxylic acids is 1. The fourth-order valence-corrected chi connectivity index (χ4v) is 2.06. The van der Waals surface area contributed by atoms with Crippen molar-refractivity contribution in [1.29, 1.82) is 0 Å². The maximum Gasteiger partial charge on any atom is 0.288 e. The summed E-state index contributed by atoms with van der Waals surface area (Å²) >= 11 is 1.17.